The molecule has 0 amide bonds. The van der Waals surface area contributed by atoms with Gasteiger partial charge in [0, 0.05) is 4.90 Å². The van der Waals surface area contributed by atoms with E-state index in [-0.39, 0.29) is 12.4 Å². The Kier molecular flexibility index (Phi) is 4.39. The van der Waals surface area contributed by atoms with Crippen molar-refractivity contribution >= 4 is 18.6 Å². The Balaban J connectivity index is 3.21. The van der Waals surface area contributed by atoms with E-state index in [1.165, 1.54) is 7.11 Å². The molecule has 84 valence electrons. The van der Waals surface area contributed by atoms with E-state index in [4.69, 9.17) is 5.26 Å². The summed E-state index contributed by atoms with van der Waals surface area (Å²) in [6.45, 7) is 1.95. The molecule has 3 nitrogen and oxygen atoms in total. The van der Waals surface area contributed by atoms with Crippen LogP contribution in [0.1, 0.15) is 23.6 Å². The molecule has 0 aliphatic rings. The van der Waals surface area contributed by atoms with Crippen LogP contribution in [0.25, 0.3) is 0 Å². The summed E-state index contributed by atoms with van der Waals surface area (Å²) < 4.78 is 4.62. The Bertz CT molecular complexity index is 449. The van der Waals surface area contributed by atoms with Crippen molar-refractivity contribution in [2.24, 2.45) is 0 Å². The van der Waals surface area contributed by atoms with E-state index in [1.54, 1.807) is 12.1 Å². The standard InChI is InChI=1S/C12H13NO2S/c1-3-11-8(6-12(14)15-2)4-10(16)5-9(11)7-13/h4-5,16H,3,6H2,1-2H3. The maximum absolute atomic E-state index is 11.2. The summed E-state index contributed by atoms with van der Waals surface area (Å²) in [6.07, 6.45) is 0.895. The average molecular weight is 235 g/mol. The molecule has 0 bridgehead atoms. The minimum atomic E-state index is -0.308. The van der Waals surface area contributed by atoms with E-state index in [2.05, 4.69) is 23.4 Å². The van der Waals surface area contributed by atoms with Gasteiger partial charge in [0.2, 0.25) is 0 Å². The Hall–Kier alpha value is -1.47. The molecule has 0 spiro atoms. The first-order valence-corrected chi connectivity index (χ1v) is 5.38. The summed E-state index contributed by atoms with van der Waals surface area (Å²) in [6, 6.07) is 5.63. The van der Waals surface area contributed by atoms with Crippen LogP contribution in [0.2, 0.25) is 0 Å². The van der Waals surface area contributed by atoms with Crippen LogP contribution >= 0.6 is 12.6 Å². The van der Waals surface area contributed by atoms with E-state index in [1.807, 2.05) is 6.92 Å². The maximum Gasteiger partial charge on any atom is 0.309 e. The minimum absolute atomic E-state index is 0.183. The van der Waals surface area contributed by atoms with Gasteiger partial charge in [0.15, 0.2) is 0 Å². The van der Waals surface area contributed by atoms with Gasteiger partial charge in [0.1, 0.15) is 0 Å². The molecule has 0 aliphatic heterocycles. The summed E-state index contributed by atoms with van der Waals surface area (Å²) in [7, 11) is 1.35. The van der Waals surface area contributed by atoms with E-state index >= 15 is 0 Å². The van der Waals surface area contributed by atoms with Crippen LogP contribution in [0.3, 0.4) is 0 Å². The maximum atomic E-state index is 11.2. The number of hydrogen-bond acceptors (Lipinski definition) is 4. The van der Waals surface area contributed by atoms with E-state index < -0.39 is 0 Å². The van der Waals surface area contributed by atoms with Gasteiger partial charge >= 0.3 is 5.97 Å². The molecular weight excluding hydrogens is 222 g/mol. The van der Waals surface area contributed by atoms with Gasteiger partial charge in [0.05, 0.1) is 25.2 Å². The van der Waals surface area contributed by atoms with Gasteiger partial charge in [0.25, 0.3) is 0 Å². The van der Waals surface area contributed by atoms with E-state index in [9.17, 15) is 4.79 Å². The largest absolute Gasteiger partial charge is 0.469 e. The summed E-state index contributed by atoms with van der Waals surface area (Å²) in [5.74, 6) is -0.308. The van der Waals surface area contributed by atoms with Gasteiger partial charge in [-0.25, -0.2) is 0 Å². The molecule has 0 unspecified atom stereocenters. The zero-order valence-electron chi connectivity index (χ0n) is 9.28. The number of thiol groups is 1. The third-order valence-corrected chi connectivity index (χ3v) is 2.62. The van der Waals surface area contributed by atoms with Crippen LogP contribution in [-0.4, -0.2) is 13.1 Å². The number of esters is 1. The highest BCUT2D eigenvalue weighted by atomic mass is 32.1. The van der Waals surface area contributed by atoms with Crippen molar-refractivity contribution in [1.82, 2.24) is 0 Å². The third kappa shape index (κ3) is 2.77. The molecule has 0 N–H and O–H groups in total. The summed E-state index contributed by atoms with van der Waals surface area (Å²) in [5, 5.41) is 8.99. The predicted octanol–water partition coefficient (Wildman–Crippen LogP) is 2.12. The third-order valence-electron chi connectivity index (χ3n) is 2.36. The molecule has 0 saturated carbocycles. The fourth-order valence-corrected chi connectivity index (χ4v) is 1.90. The Morgan fingerprint density at radius 3 is 2.75 bits per heavy atom. The van der Waals surface area contributed by atoms with Crippen LogP contribution < -0.4 is 0 Å². The molecular formula is C12H13NO2S. The molecule has 0 atom stereocenters. The van der Waals surface area contributed by atoms with Gasteiger partial charge in [-0.2, -0.15) is 5.26 Å². The first kappa shape index (κ1) is 12.6. The van der Waals surface area contributed by atoms with Gasteiger partial charge in [-0.3, -0.25) is 4.79 Å². The lowest BCUT2D eigenvalue weighted by Gasteiger charge is -2.09. The molecule has 0 saturated heterocycles. The smallest absolute Gasteiger partial charge is 0.309 e. The molecule has 0 aliphatic carbocycles. The lowest BCUT2D eigenvalue weighted by Crippen LogP contribution is -2.08. The Morgan fingerprint density at radius 2 is 2.25 bits per heavy atom. The van der Waals surface area contributed by atoms with Crippen molar-refractivity contribution in [1.29, 1.82) is 5.26 Å². The summed E-state index contributed by atoms with van der Waals surface area (Å²) in [4.78, 5) is 11.9. The Labute approximate surface area is 100 Å². The first-order chi connectivity index (χ1) is 7.62. The fraction of sp³-hybridized carbons (Fsp3) is 0.333. The van der Waals surface area contributed by atoms with Crippen molar-refractivity contribution in [3.8, 4) is 6.07 Å². The topological polar surface area (TPSA) is 50.1 Å². The lowest BCUT2D eigenvalue weighted by molar-refractivity contribution is -0.139. The number of nitrogens with zero attached hydrogens (tertiary/aromatic N) is 1. The fourth-order valence-electron chi connectivity index (χ4n) is 1.62. The molecule has 0 radical (unpaired) electrons. The first-order valence-electron chi connectivity index (χ1n) is 4.94. The van der Waals surface area contributed by atoms with Crippen molar-refractivity contribution in [2.75, 3.05) is 7.11 Å². The number of benzene rings is 1. The van der Waals surface area contributed by atoms with Crippen molar-refractivity contribution < 1.29 is 9.53 Å². The number of rotatable bonds is 3. The van der Waals surface area contributed by atoms with Crippen LogP contribution in [0.5, 0.6) is 0 Å². The average Bonchev–Trinajstić information content (AvgIpc) is 2.28. The predicted molar refractivity (Wildman–Crippen MR) is 63.5 cm³/mol. The SMILES string of the molecule is CCc1c(C#N)cc(S)cc1CC(=O)OC. The molecule has 4 heteroatoms. The molecule has 1 aromatic carbocycles. The lowest BCUT2D eigenvalue weighted by atomic mass is 9.97. The summed E-state index contributed by atoms with van der Waals surface area (Å²) in [5.41, 5.74) is 2.29. The normalized spacial score (nSPS) is 9.62. The molecule has 0 heterocycles. The quantitative estimate of drug-likeness (QED) is 0.645. The number of methoxy groups -OCH3 is 1. The van der Waals surface area contributed by atoms with Crippen LogP contribution in [0.15, 0.2) is 17.0 Å². The number of ether oxygens (including phenoxy) is 1. The monoisotopic (exact) mass is 235 g/mol. The zero-order valence-corrected chi connectivity index (χ0v) is 10.2. The molecule has 1 aromatic rings. The van der Waals surface area contributed by atoms with Gasteiger partial charge in [-0.05, 0) is 29.7 Å². The molecule has 0 aromatic heterocycles. The molecule has 1 rings (SSSR count). The second kappa shape index (κ2) is 5.57. The van der Waals surface area contributed by atoms with E-state index in [0.717, 1.165) is 11.1 Å². The highest BCUT2D eigenvalue weighted by Gasteiger charge is 2.12. The van der Waals surface area contributed by atoms with Gasteiger partial charge in [-0.15, -0.1) is 12.6 Å². The van der Waals surface area contributed by atoms with Crippen LogP contribution in [0.4, 0.5) is 0 Å². The van der Waals surface area contributed by atoms with Crippen molar-refractivity contribution in [2.45, 2.75) is 24.7 Å². The second-order valence-electron chi connectivity index (χ2n) is 3.35. The highest BCUT2D eigenvalue weighted by Crippen LogP contribution is 2.21. The van der Waals surface area contributed by atoms with Crippen LogP contribution in [0, 0.1) is 11.3 Å². The van der Waals surface area contributed by atoms with Crippen LogP contribution in [-0.2, 0) is 22.4 Å². The number of carbonyl (C=O) groups excluding carboxylic acids is 1. The zero-order chi connectivity index (χ0) is 12.1. The molecule has 0 fully saturated rings. The number of hydrogen-bond donors (Lipinski definition) is 1. The second-order valence-corrected chi connectivity index (χ2v) is 3.87. The Morgan fingerprint density at radius 1 is 1.56 bits per heavy atom. The van der Waals surface area contributed by atoms with Gasteiger partial charge in [-0.1, -0.05) is 6.92 Å². The van der Waals surface area contributed by atoms with Crippen molar-refractivity contribution in [3.63, 3.8) is 0 Å². The number of nitriles is 1. The number of carbonyl (C=O) groups is 1. The molecule has 16 heavy (non-hydrogen) atoms. The minimum Gasteiger partial charge on any atom is -0.469 e. The van der Waals surface area contributed by atoms with E-state index in [0.29, 0.717) is 16.9 Å². The summed E-state index contributed by atoms with van der Waals surface area (Å²) >= 11 is 4.21. The van der Waals surface area contributed by atoms with Gasteiger partial charge < -0.3 is 4.74 Å². The van der Waals surface area contributed by atoms with Crippen molar-refractivity contribution in [3.05, 3.63) is 28.8 Å². The highest BCUT2D eigenvalue weighted by molar-refractivity contribution is 7.80.